The van der Waals surface area contributed by atoms with E-state index >= 15 is 0 Å². The van der Waals surface area contributed by atoms with E-state index in [-0.39, 0.29) is 37.8 Å². The van der Waals surface area contributed by atoms with E-state index in [1.54, 1.807) is 36.4 Å². The Morgan fingerprint density at radius 2 is 1.07 bits per heavy atom. The molecule has 2 aliphatic heterocycles. The Bertz CT molecular complexity index is 2200. The normalized spacial score (nSPS) is 14.7. The van der Waals surface area contributed by atoms with Gasteiger partial charge in [0.2, 0.25) is 0 Å². The van der Waals surface area contributed by atoms with Gasteiger partial charge in [-0.25, -0.2) is 4.39 Å². The Balaban J connectivity index is 0.000000213. The second kappa shape index (κ2) is 20.3. The molecule has 326 valence electrons. The molecule has 7 rings (SSSR count). The largest absolute Gasteiger partial charge is 0.489 e. The number of fused-ring (bicyclic) bond motifs is 2. The Morgan fingerprint density at radius 3 is 1.56 bits per heavy atom. The molecule has 5 aromatic carbocycles. The summed E-state index contributed by atoms with van der Waals surface area (Å²) in [6.45, 7) is 3.37. The molecule has 0 atom stereocenters. The van der Waals surface area contributed by atoms with Crippen LogP contribution in [0.2, 0.25) is 0 Å². The molecular formula is C47H54F4N4O6. The molecule has 5 aromatic rings. The third-order valence-corrected chi connectivity index (χ3v) is 11.1. The monoisotopic (exact) mass is 846 g/mol. The minimum Gasteiger partial charge on any atom is -0.489 e. The smallest absolute Gasteiger partial charge is 0.417 e. The van der Waals surface area contributed by atoms with E-state index in [4.69, 9.17) is 20.9 Å². The average molecular weight is 847 g/mol. The standard InChI is InChI=1S/C27H29F3N2O3.C20H25FN2O3/c28-27(29,30)25-4-2-1-3-24(25)20-7-5-19(6-8-20)15-35-23-10-9-22-14-32(12-11-21(22)13-23)16-26(31,17-33)18-34;21-18-3-1-2-15(8-18)11-26-19-5-4-17-10-23(7-6-16(17)9-19)12-20(22,13-24)14-25/h1-10,13,33-34H,11-12,14-18,31H2;1-5,8-9,24-25H,6-7,10-14,22H2. The highest BCUT2D eigenvalue weighted by molar-refractivity contribution is 5.68. The van der Waals surface area contributed by atoms with E-state index in [9.17, 15) is 38.0 Å². The topological polar surface area (TPSA) is 158 Å². The number of ether oxygens (including phenoxy) is 2. The maximum absolute atomic E-state index is 13.3. The van der Waals surface area contributed by atoms with Crippen LogP contribution in [0, 0.1) is 5.82 Å². The summed E-state index contributed by atoms with van der Waals surface area (Å²) < 4.78 is 64.9. The van der Waals surface area contributed by atoms with Crippen molar-refractivity contribution < 1.29 is 47.5 Å². The van der Waals surface area contributed by atoms with Gasteiger partial charge in [-0.2, -0.15) is 13.2 Å². The van der Waals surface area contributed by atoms with Gasteiger partial charge in [0.1, 0.15) is 30.5 Å². The minimum atomic E-state index is -4.41. The Labute approximate surface area is 353 Å². The second-order valence-corrected chi connectivity index (χ2v) is 16.1. The molecule has 2 aliphatic rings. The van der Waals surface area contributed by atoms with E-state index in [0.29, 0.717) is 38.4 Å². The third kappa shape index (κ3) is 12.4. The molecule has 0 aromatic heterocycles. The number of nitrogens with two attached hydrogens (primary N) is 2. The summed E-state index contributed by atoms with van der Waals surface area (Å²) in [5, 5.41) is 37.6. The first kappa shape index (κ1) is 45.6. The van der Waals surface area contributed by atoms with Crippen molar-refractivity contribution in [2.45, 2.75) is 56.4 Å². The van der Waals surface area contributed by atoms with Crippen molar-refractivity contribution in [2.24, 2.45) is 11.5 Å². The van der Waals surface area contributed by atoms with Crippen LogP contribution in [0.15, 0.2) is 109 Å². The molecule has 0 aliphatic carbocycles. The van der Waals surface area contributed by atoms with Gasteiger partial charge in [0, 0.05) is 39.3 Å². The maximum atomic E-state index is 13.3. The van der Waals surface area contributed by atoms with Gasteiger partial charge >= 0.3 is 6.18 Å². The molecule has 14 heteroatoms. The van der Waals surface area contributed by atoms with Crippen LogP contribution in [0.25, 0.3) is 11.1 Å². The summed E-state index contributed by atoms with van der Waals surface area (Å²) in [5.74, 6) is 1.22. The first-order valence-corrected chi connectivity index (χ1v) is 20.2. The summed E-state index contributed by atoms with van der Waals surface area (Å²) >= 11 is 0. The lowest BCUT2D eigenvalue weighted by Gasteiger charge is -2.35. The zero-order valence-corrected chi connectivity index (χ0v) is 34.0. The Kier molecular flexibility index (Phi) is 15.2. The molecule has 0 saturated heterocycles. The lowest BCUT2D eigenvalue weighted by Crippen LogP contribution is -2.56. The fourth-order valence-electron chi connectivity index (χ4n) is 7.54. The SMILES string of the molecule is NC(CO)(CO)CN1CCc2cc(OCc3ccc(-c4ccccc4C(F)(F)F)cc3)ccc2C1.NC(CO)(CO)CN1CCc2cc(OCc3cccc(F)c3)ccc2C1. The van der Waals surface area contributed by atoms with Crippen molar-refractivity contribution in [1.82, 2.24) is 9.80 Å². The van der Waals surface area contributed by atoms with E-state index in [1.807, 2.05) is 42.5 Å². The van der Waals surface area contributed by atoms with Crippen molar-refractivity contribution in [2.75, 3.05) is 52.6 Å². The van der Waals surface area contributed by atoms with E-state index in [1.165, 1.54) is 41.0 Å². The average Bonchev–Trinajstić information content (AvgIpc) is 3.27. The van der Waals surface area contributed by atoms with Crippen molar-refractivity contribution >= 4 is 0 Å². The number of rotatable bonds is 15. The summed E-state index contributed by atoms with van der Waals surface area (Å²) in [6.07, 6.45) is -2.76. The maximum Gasteiger partial charge on any atom is 0.417 e. The highest BCUT2D eigenvalue weighted by Crippen LogP contribution is 2.37. The molecule has 61 heavy (non-hydrogen) atoms. The van der Waals surface area contributed by atoms with E-state index < -0.39 is 22.8 Å². The molecular weight excluding hydrogens is 793 g/mol. The second-order valence-electron chi connectivity index (χ2n) is 16.1. The molecule has 0 spiro atoms. The lowest BCUT2D eigenvalue weighted by molar-refractivity contribution is -0.137. The van der Waals surface area contributed by atoms with Crippen LogP contribution >= 0.6 is 0 Å². The predicted octanol–water partition coefficient (Wildman–Crippen LogP) is 5.44. The van der Waals surface area contributed by atoms with Crippen LogP contribution in [0.4, 0.5) is 17.6 Å². The quantitative estimate of drug-likeness (QED) is 0.0751. The first-order valence-electron chi connectivity index (χ1n) is 20.2. The fourth-order valence-corrected chi connectivity index (χ4v) is 7.54. The number of aliphatic hydroxyl groups is 4. The molecule has 0 saturated carbocycles. The van der Waals surface area contributed by atoms with Gasteiger partial charge < -0.3 is 41.4 Å². The summed E-state index contributed by atoms with van der Waals surface area (Å²) in [6, 6.07) is 30.7. The molecule has 8 N–H and O–H groups in total. The van der Waals surface area contributed by atoms with Crippen LogP contribution in [0.3, 0.4) is 0 Å². The number of alkyl halides is 3. The van der Waals surface area contributed by atoms with Crippen LogP contribution < -0.4 is 20.9 Å². The molecule has 0 bridgehead atoms. The molecule has 0 amide bonds. The summed E-state index contributed by atoms with van der Waals surface area (Å²) in [5.41, 5.74) is 16.4. The van der Waals surface area contributed by atoms with E-state index in [2.05, 4.69) is 9.80 Å². The van der Waals surface area contributed by atoms with Crippen molar-refractivity contribution in [3.63, 3.8) is 0 Å². The Morgan fingerprint density at radius 1 is 0.557 bits per heavy atom. The van der Waals surface area contributed by atoms with Gasteiger partial charge in [0.15, 0.2) is 0 Å². The molecule has 0 fully saturated rings. The zero-order valence-electron chi connectivity index (χ0n) is 34.0. The molecule has 10 nitrogen and oxygen atoms in total. The van der Waals surface area contributed by atoms with Crippen molar-refractivity contribution in [3.8, 4) is 22.6 Å². The third-order valence-electron chi connectivity index (χ3n) is 11.1. The first-order chi connectivity index (χ1) is 29.2. The molecule has 0 radical (unpaired) electrons. The van der Waals surface area contributed by atoms with Crippen molar-refractivity contribution in [3.05, 3.63) is 154 Å². The zero-order chi connectivity index (χ0) is 43.6. The number of hydrogen-bond acceptors (Lipinski definition) is 10. The predicted molar refractivity (Wildman–Crippen MR) is 225 cm³/mol. The molecule has 0 unspecified atom stereocenters. The number of benzene rings is 5. The van der Waals surface area contributed by atoms with Gasteiger partial charge in [-0.1, -0.05) is 66.7 Å². The summed E-state index contributed by atoms with van der Waals surface area (Å²) in [4.78, 5) is 4.26. The highest BCUT2D eigenvalue weighted by Gasteiger charge is 2.33. The van der Waals surface area contributed by atoms with Crippen LogP contribution in [0.1, 0.15) is 38.9 Å². The van der Waals surface area contributed by atoms with Crippen LogP contribution in [-0.4, -0.2) is 93.9 Å². The van der Waals surface area contributed by atoms with Crippen LogP contribution in [-0.2, 0) is 45.3 Å². The highest BCUT2D eigenvalue weighted by atomic mass is 19.4. The van der Waals surface area contributed by atoms with Gasteiger partial charge in [-0.15, -0.1) is 0 Å². The summed E-state index contributed by atoms with van der Waals surface area (Å²) in [7, 11) is 0. The van der Waals surface area contributed by atoms with Gasteiger partial charge in [-0.05, 0) is 99.8 Å². The van der Waals surface area contributed by atoms with Gasteiger partial charge in [0.05, 0.1) is 43.1 Å². The number of aliphatic hydroxyl groups excluding tert-OH is 4. The Hall–Kier alpha value is -4.90. The van der Waals surface area contributed by atoms with Gasteiger partial charge in [0.25, 0.3) is 0 Å². The number of nitrogens with zero attached hydrogens (tertiary/aromatic N) is 2. The van der Waals surface area contributed by atoms with Gasteiger partial charge in [-0.3, -0.25) is 9.80 Å². The van der Waals surface area contributed by atoms with E-state index in [0.717, 1.165) is 66.7 Å². The van der Waals surface area contributed by atoms with Crippen LogP contribution in [0.5, 0.6) is 11.5 Å². The fraction of sp³-hybridized carbons (Fsp3) is 0.362. The molecule has 2 heterocycles. The minimum absolute atomic E-state index is 0.154. The number of hydrogen-bond donors (Lipinski definition) is 6. The number of halogens is 4. The van der Waals surface area contributed by atoms with Crippen molar-refractivity contribution in [1.29, 1.82) is 0 Å². The lowest BCUT2D eigenvalue weighted by atomic mass is 9.96.